The number of alkyl halides is 3. The molecule has 0 aromatic heterocycles. The van der Waals surface area contributed by atoms with Crippen molar-refractivity contribution in [3.63, 3.8) is 0 Å². The van der Waals surface area contributed by atoms with Gasteiger partial charge in [-0.2, -0.15) is 13.2 Å². The first-order valence-electron chi connectivity index (χ1n) is 4.78. The smallest absolute Gasteiger partial charge is 0.414 e. The largest absolute Gasteiger partial charge is 0.466 e. The monoisotopic (exact) mass is 228 g/mol. The molecule has 0 aromatic carbocycles. The van der Waals surface area contributed by atoms with Crippen molar-refractivity contribution in [1.29, 1.82) is 0 Å². The summed E-state index contributed by atoms with van der Waals surface area (Å²) in [5, 5.41) is 8.53. The number of aliphatic hydroxyl groups is 1. The van der Waals surface area contributed by atoms with E-state index in [0.29, 0.717) is 6.42 Å². The van der Waals surface area contributed by atoms with Crippen LogP contribution in [0.4, 0.5) is 13.2 Å². The molecule has 0 spiro atoms. The van der Waals surface area contributed by atoms with Crippen LogP contribution in [0.15, 0.2) is 0 Å². The fourth-order valence-corrected chi connectivity index (χ4v) is 0.871. The zero-order valence-electron chi connectivity index (χ0n) is 8.51. The number of ether oxygens (including phenoxy) is 1. The molecule has 6 heteroatoms. The molecule has 1 N–H and O–H groups in total. The molecule has 15 heavy (non-hydrogen) atoms. The molecule has 0 aliphatic carbocycles. The van der Waals surface area contributed by atoms with Gasteiger partial charge in [-0.3, -0.25) is 4.79 Å². The van der Waals surface area contributed by atoms with Crippen molar-refractivity contribution in [3.8, 4) is 0 Å². The summed E-state index contributed by atoms with van der Waals surface area (Å²) in [5.41, 5.74) is 0. The van der Waals surface area contributed by atoms with E-state index in [1.807, 2.05) is 6.92 Å². The Kier molecular flexibility index (Phi) is 6.31. The fraction of sp³-hybridized carbons (Fsp3) is 0.889. The van der Waals surface area contributed by atoms with Crippen LogP contribution in [0, 0.1) is 0 Å². The molecule has 0 heterocycles. The third kappa shape index (κ3) is 7.18. The molecule has 0 rings (SSSR count). The van der Waals surface area contributed by atoms with Crippen LogP contribution in [0.2, 0.25) is 0 Å². The van der Waals surface area contributed by atoms with Gasteiger partial charge in [-0.25, -0.2) is 0 Å². The van der Waals surface area contributed by atoms with Gasteiger partial charge in [0.1, 0.15) is 0 Å². The Morgan fingerprint density at radius 2 is 2.00 bits per heavy atom. The number of carbonyl (C=O) groups is 1. The van der Waals surface area contributed by atoms with Crippen LogP contribution >= 0.6 is 0 Å². The number of esters is 1. The van der Waals surface area contributed by atoms with Crippen molar-refractivity contribution in [2.45, 2.75) is 44.9 Å². The highest BCUT2D eigenvalue weighted by Crippen LogP contribution is 2.22. The zero-order chi connectivity index (χ0) is 11.9. The molecule has 0 saturated carbocycles. The standard InChI is InChI=1S/C9H15F3O3/c1-2-3-4-5-15-8(14)6-7(13)9(10,11)12/h7,13H,2-6H2,1H3. The van der Waals surface area contributed by atoms with Crippen LogP contribution in [0.1, 0.15) is 32.6 Å². The van der Waals surface area contributed by atoms with E-state index in [4.69, 9.17) is 5.11 Å². The van der Waals surface area contributed by atoms with Crippen molar-refractivity contribution < 1.29 is 27.8 Å². The second-order valence-corrected chi connectivity index (χ2v) is 3.19. The van der Waals surface area contributed by atoms with E-state index in [-0.39, 0.29) is 6.61 Å². The van der Waals surface area contributed by atoms with Gasteiger partial charge in [0.05, 0.1) is 13.0 Å². The average molecular weight is 228 g/mol. The number of hydrogen-bond acceptors (Lipinski definition) is 3. The summed E-state index contributed by atoms with van der Waals surface area (Å²) >= 11 is 0. The van der Waals surface area contributed by atoms with Crippen LogP contribution in [0.3, 0.4) is 0 Å². The quantitative estimate of drug-likeness (QED) is 0.559. The lowest BCUT2D eigenvalue weighted by molar-refractivity contribution is -0.209. The highest BCUT2D eigenvalue weighted by Gasteiger charge is 2.39. The summed E-state index contributed by atoms with van der Waals surface area (Å²) in [6.45, 7) is 2.06. The first-order chi connectivity index (χ1) is 6.88. The minimum atomic E-state index is -4.76. The number of aliphatic hydroxyl groups excluding tert-OH is 1. The normalized spacial score (nSPS) is 13.7. The molecule has 1 unspecified atom stereocenters. The van der Waals surface area contributed by atoms with Crippen molar-refractivity contribution >= 4 is 5.97 Å². The lowest BCUT2D eigenvalue weighted by Crippen LogP contribution is -2.31. The van der Waals surface area contributed by atoms with Gasteiger partial charge in [-0.15, -0.1) is 0 Å². The van der Waals surface area contributed by atoms with Gasteiger partial charge in [0.25, 0.3) is 0 Å². The number of rotatable bonds is 6. The maximum atomic E-state index is 11.8. The van der Waals surface area contributed by atoms with Gasteiger partial charge in [0, 0.05) is 0 Å². The van der Waals surface area contributed by atoms with Crippen molar-refractivity contribution in [2.24, 2.45) is 0 Å². The summed E-state index contributed by atoms with van der Waals surface area (Å²) in [6.07, 6.45) is -6.00. The highest BCUT2D eigenvalue weighted by molar-refractivity contribution is 5.70. The Bertz CT molecular complexity index is 192. The van der Waals surface area contributed by atoms with Crippen molar-refractivity contribution in [2.75, 3.05) is 6.61 Å². The maximum absolute atomic E-state index is 11.8. The molecule has 90 valence electrons. The molecule has 3 nitrogen and oxygen atoms in total. The van der Waals surface area contributed by atoms with Gasteiger partial charge < -0.3 is 9.84 Å². The molecule has 0 saturated heterocycles. The molecule has 0 aliphatic rings. The SMILES string of the molecule is CCCCCOC(=O)CC(O)C(F)(F)F. The van der Waals surface area contributed by atoms with Crippen LogP contribution in [0.5, 0.6) is 0 Å². The second kappa shape index (κ2) is 6.66. The topological polar surface area (TPSA) is 46.5 Å². The Labute approximate surface area is 86.2 Å². The molecular formula is C9H15F3O3. The fourth-order valence-electron chi connectivity index (χ4n) is 0.871. The van der Waals surface area contributed by atoms with E-state index in [0.717, 1.165) is 12.8 Å². The van der Waals surface area contributed by atoms with Crippen molar-refractivity contribution in [1.82, 2.24) is 0 Å². The molecule has 0 aliphatic heterocycles. The number of carbonyl (C=O) groups excluding carboxylic acids is 1. The minimum absolute atomic E-state index is 0.108. The van der Waals surface area contributed by atoms with Crippen LogP contribution in [-0.2, 0) is 9.53 Å². The van der Waals surface area contributed by atoms with Gasteiger partial charge in [0.15, 0.2) is 6.10 Å². The lowest BCUT2D eigenvalue weighted by atomic mass is 10.2. The number of halogens is 3. The maximum Gasteiger partial charge on any atom is 0.414 e. The Morgan fingerprint density at radius 3 is 2.47 bits per heavy atom. The Hall–Kier alpha value is -0.780. The molecule has 0 fully saturated rings. The average Bonchev–Trinajstić information content (AvgIpc) is 2.11. The number of hydrogen-bond donors (Lipinski definition) is 1. The van der Waals surface area contributed by atoms with E-state index in [2.05, 4.69) is 4.74 Å². The molecule has 0 bridgehead atoms. The van der Waals surface area contributed by atoms with Gasteiger partial charge in [0.2, 0.25) is 0 Å². The molecular weight excluding hydrogens is 213 g/mol. The predicted molar refractivity (Wildman–Crippen MR) is 47.2 cm³/mol. The van der Waals surface area contributed by atoms with Crippen LogP contribution < -0.4 is 0 Å². The van der Waals surface area contributed by atoms with Gasteiger partial charge >= 0.3 is 12.1 Å². The minimum Gasteiger partial charge on any atom is -0.466 e. The van der Waals surface area contributed by atoms with E-state index in [1.165, 1.54) is 0 Å². The molecule has 0 radical (unpaired) electrons. The van der Waals surface area contributed by atoms with Gasteiger partial charge in [-0.1, -0.05) is 19.8 Å². The third-order valence-electron chi connectivity index (χ3n) is 1.75. The zero-order valence-corrected chi connectivity index (χ0v) is 8.51. The van der Waals surface area contributed by atoms with Crippen LogP contribution in [0.25, 0.3) is 0 Å². The summed E-state index contributed by atoms with van der Waals surface area (Å²) in [7, 11) is 0. The lowest BCUT2D eigenvalue weighted by Gasteiger charge is -2.13. The van der Waals surface area contributed by atoms with E-state index < -0.39 is 24.7 Å². The van der Waals surface area contributed by atoms with E-state index in [1.54, 1.807) is 0 Å². The molecule has 1 atom stereocenters. The predicted octanol–water partition coefficient (Wildman–Crippen LogP) is 2.03. The summed E-state index contributed by atoms with van der Waals surface area (Å²) in [5.74, 6) is -1.02. The van der Waals surface area contributed by atoms with Crippen molar-refractivity contribution in [3.05, 3.63) is 0 Å². The number of unbranched alkanes of at least 4 members (excludes halogenated alkanes) is 2. The van der Waals surface area contributed by atoms with E-state index in [9.17, 15) is 18.0 Å². The third-order valence-corrected chi connectivity index (χ3v) is 1.75. The molecule has 0 amide bonds. The summed E-state index contributed by atoms with van der Waals surface area (Å²) in [6, 6.07) is 0. The van der Waals surface area contributed by atoms with Crippen LogP contribution in [-0.4, -0.2) is 30.0 Å². The van der Waals surface area contributed by atoms with E-state index >= 15 is 0 Å². The van der Waals surface area contributed by atoms with Gasteiger partial charge in [-0.05, 0) is 6.42 Å². The Morgan fingerprint density at radius 1 is 1.40 bits per heavy atom. The Balaban J connectivity index is 3.65. The first kappa shape index (κ1) is 14.2. The first-order valence-corrected chi connectivity index (χ1v) is 4.78. The highest BCUT2D eigenvalue weighted by atomic mass is 19.4. The molecule has 0 aromatic rings. The summed E-state index contributed by atoms with van der Waals surface area (Å²) in [4.78, 5) is 10.8. The summed E-state index contributed by atoms with van der Waals surface area (Å²) < 4.78 is 39.9. The second-order valence-electron chi connectivity index (χ2n) is 3.19.